The molecule has 0 aromatic rings. The van der Waals surface area contributed by atoms with Crippen molar-refractivity contribution in [2.75, 3.05) is 39.9 Å². The minimum atomic E-state index is 0.0701. The second-order valence-electron chi connectivity index (χ2n) is 2.93. The Hall–Kier alpha value is -0.650. The molecule has 0 spiro atoms. The van der Waals surface area contributed by atoms with Gasteiger partial charge in [-0.3, -0.25) is 10.2 Å². The summed E-state index contributed by atoms with van der Waals surface area (Å²) in [4.78, 5) is 10.9. The van der Waals surface area contributed by atoms with Gasteiger partial charge in [0.1, 0.15) is 0 Å². The van der Waals surface area contributed by atoms with Crippen molar-refractivity contribution < 1.29 is 9.53 Å². The molecule has 13 heavy (non-hydrogen) atoms. The topological polar surface area (TPSA) is 53.6 Å². The van der Waals surface area contributed by atoms with Crippen LogP contribution in [-0.2, 0) is 9.53 Å². The molecule has 1 aliphatic rings. The summed E-state index contributed by atoms with van der Waals surface area (Å²) >= 11 is 0. The van der Waals surface area contributed by atoms with Gasteiger partial charge in [-0.15, -0.1) is 0 Å². The van der Waals surface area contributed by atoms with E-state index < -0.39 is 0 Å². The zero-order valence-corrected chi connectivity index (χ0v) is 8.01. The summed E-state index contributed by atoms with van der Waals surface area (Å²) in [6.45, 7) is 4.03. The van der Waals surface area contributed by atoms with Gasteiger partial charge in [0.25, 0.3) is 0 Å². The predicted octanol–water partition coefficient (Wildman–Crippen LogP) is -1.04. The molecule has 0 atom stereocenters. The van der Waals surface area contributed by atoms with Crippen LogP contribution in [-0.4, -0.2) is 50.8 Å². The Bertz CT molecular complexity index is 157. The molecule has 0 aromatic heterocycles. The van der Waals surface area contributed by atoms with Gasteiger partial charge in [-0.05, 0) is 0 Å². The van der Waals surface area contributed by atoms with Crippen molar-refractivity contribution in [1.82, 2.24) is 15.8 Å². The fourth-order valence-electron chi connectivity index (χ4n) is 1.17. The van der Waals surface area contributed by atoms with Crippen molar-refractivity contribution in [3.63, 3.8) is 0 Å². The predicted molar refractivity (Wildman–Crippen MR) is 49.1 cm³/mol. The van der Waals surface area contributed by atoms with E-state index in [1.54, 1.807) is 7.05 Å². The lowest BCUT2D eigenvalue weighted by Gasteiger charge is -2.27. The molecular weight excluding hydrogens is 170 g/mol. The zero-order chi connectivity index (χ0) is 9.52. The number of hydrogen-bond donors (Lipinski definition) is 2. The average Bonchev–Trinajstić information content (AvgIpc) is 2.19. The first kappa shape index (κ1) is 10.4. The Morgan fingerprint density at radius 3 is 2.77 bits per heavy atom. The highest BCUT2D eigenvalue weighted by Gasteiger charge is 2.09. The summed E-state index contributed by atoms with van der Waals surface area (Å²) in [7, 11) is 1.65. The van der Waals surface area contributed by atoms with Crippen molar-refractivity contribution in [3.05, 3.63) is 0 Å². The number of amides is 1. The Morgan fingerprint density at radius 1 is 1.46 bits per heavy atom. The highest BCUT2D eigenvalue weighted by atomic mass is 16.5. The van der Waals surface area contributed by atoms with Crippen LogP contribution < -0.4 is 10.7 Å². The van der Waals surface area contributed by atoms with E-state index in [0.29, 0.717) is 13.0 Å². The first-order chi connectivity index (χ1) is 6.33. The summed E-state index contributed by atoms with van der Waals surface area (Å²) in [5.74, 6) is 0.0701. The monoisotopic (exact) mass is 187 g/mol. The molecule has 5 heteroatoms. The van der Waals surface area contributed by atoms with Gasteiger partial charge in [0.05, 0.1) is 13.2 Å². The van der Waals surface area contributed by atoms with Gasteiger partial charge < -0.3 is 10.1 Å². The normalized spacial score (nSPS) is 18.5. The molecule has 1 rings (SSSR count). The van der Waals surface area contributed by atoms with Crippen molar-refractivity contribution in [2.45, 2.75) is 6.42 Å². The molecule has 0 unspecified atom stereocenters. The second-order valence-corrected chi connectivity index (χ2v) is 2.93. The van der Waals surface area contributed by atoms with Crippen LogP contribution in [0, 0.1) is 0 Å². The van der Waals surface area contributed by atoms with Crippen LogP contribution in [0.5, 0.6) is 0 Å². The van der Waals surface area contributed by atoms with Gasteiger partial charge in [-0.1, -0.05) is 0 Å². The minimum Gasteiger partial charge on any atom is -0.379 e. The molecular formula is C8H17N3O2. The average molecular weight is 187 g/mol. The van der Waals surface area contributed by atoms with Crippen LogP contribution in [0.2, 0.25) is 0 Å². The summed E-state index contributed by atoms with van der Waals surface area (Å²) in [5.41, 5.74) is 3.18. The van der Waals surface area contributed by atoms with E-state index in [-0.39, 0.29) is 5.91 Å². The lowest BCUT2D eigenvalue weighted by Crippen LogP contribution is -2.46. The molecule has 0 aromatic carbocycles. The SMILES string of the molecule is CNC(=O)CCNN1CCOCC1. The van der Waals surface area contributed by atoms with Crippen LogP contribution in [0.3, 0.4) is 0 Å². The molecule has 1 amide bonds. The Balaban J connectivity index is 2.01. The van der Waals surface area contributed by atoms with E-state index in [0.717, 1.165) is 26.3 Å². The number of carbonyl (C=O) groups is 1. The van der Waals surface area contributed by atoms with Gasteiger partial charge >= 0.3 is 0 Å². The van der Waals surface area contributed by atoms with Gasteiger partial charge in [0, 0.05) is 33.1 Å². The maximum Gasteiger partial charge on any atom is 0.221 e. The van der Waals surface area contributed by atoms with E-state index in [1.165, 1.54) is 0 Å². The summed E-state index contributed by atoms with van der Waals surface area (Å²) < 4.78 is 5.19. The van der Waals surface area contributed by atoms with Crippen LogP contribution >= 0.6 is 0 Å². The summed E-state index contributed by atoms with van der Waals surface area (Å²) in [6, 6.07) is 0. The Labute approximate surface area is 78.4 Å². The van der Waals surface area contributed by atoms with Gasteiger partial charge in [0.15, 0.2) is 0 Å². The van der Waals surface area contributed by atoms with Crippen LogP contribution in [0.4, 0.5) is 0 Å². The molecule has 0 radical (unpaired) electrons. The third kappa shape index (κ3) is 4.21. The number of rotatable bonds is 4. The first-order valence-electron chi connectivity index (χ1n) is 4.59. The number of ether oxygens (including phenoxy) is 1. The fourth-order valence-corrected chi connectivity index (χ4v) is 1.17. The lowest BCUT2D eigenvalue weighted by molar-refractivity contribution is -0.120. The third-order valence-electron chi connectivity index (χ3n) is 1.98. The molecule has 2 N–H and O–H groups in total. The molecule has 1 heterocycles. The number of nitrogens with zero attached hydrogens (tertiary/aromatic N) is 1. The highest BCUT2D eigenvalue weighted by molar-refractivity contribution is 5.75. The number of carbonyl (C=O) groups excluding carboxylic acids is 1. The smallest absolute Gasteiger partial charge is 0.221 e. The molecule has 76 valence electrons. The summed E-state index contributed by atoms with van der Waals surface area (Å²) in [6.07, 6.45) is 0.522. The standard InChI is InChI=1S/C8H17N3O2/c1-9-8(12)2-3-10-11-4-6-13-7-5-11/h10H,2-7H2,1H3,(H,9,12). The van der Waals surface area contributed by atoms with E-state index in [4.69, 9.17) is 4.74 Å². The van der Waals surface area contributed by atoms with E-state index >= 15 is 0 Å². The van der Waals surface area contributed by atoms with Gasteiger partial charge in [0.2, 0.25) is 5.91 Å². The van der Waals surface area contributed by atoms with Crippen LogP contribution in [0.25, 0.3) is 0 Å². The number of hydrazine groups is 1. The van der Waals surface area contributed by atoms with Crippen molar-refractivity contribution in [2.24, 2.45) is 0 Å². The Morgan fingerprint density at radius 2 is 2.15 bits per heavy atom. The molecule has 0 saturated carbocycles. The van der Waals surface area contributed by atoms with E-state index in [2.05, 4.69) is 15.8 Å². The molecule has 0 bridgehead atoms. The van der Waals surface area contributed by atoms with Crippen molar-refractivity contribution in [3.8, 4) is 0 Å². The largest absolute Gasteiger partial charge is 0.379 e. The molecule has 5 nitrogen and oxygen atoms in total. The minimum absolute atomic E-state index is 0.0701. The fraction of sp³-hybridized carbons (Fsp3) is 0.875. The highest BCUT2D eigenvalue weighted by Crippen LogP contribution is 1.91. The second kappa shape index (κ2) is 5.90. The number of nitrogens with one attached hydrogen (secondary N) is 2. The van der Waals surface area contributed by atoms with Crippen LogP contribution in [0.15, 0.2) is 0 Å². The molecule has 1 aliphatic heterocycles. The quantitative estimate of drug-likeness (QED) is 0.590. The van der Waals surface area contributed by atoms with Crippen molar-refractivity contribution >= 4 is 5.91 Å². The van der Waals surface area contributed by atoms with Gasteiger partial charge in [-0.2, -0.15) is 0 Å². The number of hydrogen-bond acceptors (Lipinski definition) is 4. The van der Waals surface area contributed by atoms with Gasteiger partial charge in [-0.25, -0.2) is 5.01 Å². The van der Waals surface area contributed by atoms with Crippen molar-refractivity contribution in [1.29, 1.82) is 0 Å². The third-order valence-corrected chi connectivity index (χ3v) is 1.98. The molecule has 1 saturated heterocycles. The van der Waals surface area contributed by atoms with E-state index in [1.807, 2.05) is 0 Å². The number of morpholine rings is 1. The Kier molecular flexibility index (Phi) is 4.74. The molecule has 1 fully saturated rings. The summed E-state index contributed by atoms with van der Waals surface area (Å²) in [5, 5.41) is 4.67. The molecule has 0 aliphatic carbocycles. The lowest BCUT2D eigenvalue weighted by atomic mass is 10.4. The van der Waals surface area contributed by atoms with E-state index in [9.17, 15) is 4.79 Å². The first-order valence-corrected chi connectivity index (χ1v) is 4.59. The van der Waals surface area contributed by atoms with Crippen LogP contribution in [0.1, 0.15) is 6.42 Å². The zero-order valence-electron chi connectivity index (χ0n) is 8.01. The maximum atomic E-state index is 10.9. The maximum absolute atomic E-state index is 10.9.